The molecule has 19 heavy (non-hydrogen) atoms. The van der Waals surface area contributed by atoms with Gasteiger partial charge in [-0.2, -0.15) is 0 Å². The van der Waals surface area contributed by atoms with Gasteiger partial charge >= 0.3 is 5.97 Å². The summed E-state index contributed by atoms with van der Waals surface area (Å²) in [5, 5.41) is 10.1. The van der Waals surface area contributed by atoms with Gasteiger partial charge in [-0.1, -0.05) is 30.3 Å². The average molecular weight is 268 g/mol. The van der Waals surface area contributed by atoms with E-state index in [-0.39, 0.29) is 26.1 Å². The zero-order valence-electron chi connectivity index (χ0n) is 13.4. The smallest absolute Gasteiger partial charge is 0.308 e. The lowest BCUT2D eigenvalue weighted by Crippen LogP contribution is -2.30. The molecule has 1 N–H and O–H groups in total. The van der Waals surface area contributed by atoms with E-state index in [2.05, 4.69) is 0 Å². The van der Waals surface area contributed by atoms with E-state index in [4.69, 9.17) is 12.2 Å². The van der Waals surface area contributed by atoms with Crippen molar-refractivity contribution in [1.82, 2.24) is 0 Å². The molecular weight excluding hydrogens is 244 g/mol. The van der Waals surface area contributed by atoms with Gasteiger partial charge in [0.2, 0.25) is 0 Å². The maximum atomic E-state index is 11.4. The second-order valence-corrected chi connectivity index (χ2v) is 4.57. The van der Waals surface area contributed by atoms with Crippen LogP contribution < -0.4 is 0 Å². The normalized spacial score (nSPS) is 16.2. The highest BCUT2D eigenvalue weighted by atomic mass is 16.5. The lowest BCUT2D eigenvalue weighted by molar-refractivity contribution is -0.148. The van der Waals surface area contributed by atoms with Gasteiger partial charge in [-0.25, -0.2) is 0 Å². The van der Waals surface area contributed by atoms with E-state index in [1.807, 2.05) is 30.3 Å². The van der Waals surface area contributed by atoms with Crippen LogP contribution in [0.2, 0.25) is 0 Å². The van der Waals surface area contributed by atoms with Crippen molar-refractivity contribution in [2.45, 2.75) is 38.9 Å². The number of ether oxygens (including phenoxy) is 2. The van der Waals surface area contributed by atoms with Crippen LogP contribution in [0.1, 0.15) is 35.0 Å². The average Bonchev–Trinajstić information content (AvgIpc) is 2.36. The van der Waals surface area contributed by atoms with Crippen LogP contribution in [0, 0.1) is 0 Å². The van der Waals surface area contributed by atoms with E-state index >= 15 is 0 Å². The zero-order chi connectivity index (χ0) is 15.9. The molecule has 0 radical (unpaired) electrons. The van der Waals surface area contributed by atoms with Crippen LogP contribution in [0.4, 0.5) is 0 Å². The van der Waals surface area contributed by atoms with E-state index in [0.717, 1.165) is 5.56 Å². The summed E-state index contributed by atoms with van der Waals surface area (Å²) in [6.45, 7) is 1.37. The Morgan fingerprint density at radius 1 is 1.42 bits per heavy atom. The molecule has 0 saturated carbocycles. The number of aliphatic hydroxyl groups is 1. The van der Waals surface area contributed by atoms with Crippen molar-refractivity contribution in [2.24, 2.45) is 0 Å². The molecule has 1 rings (SSSR count). The summed E-state index contributed by atoms with van der Waals surface area (Å²) in [5.41, 5.74) is -0.682. The molecule has 4 heteroatoms. The molecule has 0 bridgehead atoms. The highest BCUT2D eigenvalue weighted by Crippen LogP contribution is 2.15. The first-order valence-corrected chi connectivity index (χ1v) is 6.30. The molecule has 0 aliphatic heterocycles. The Balaban J connectivity index is 2.51. The predicted octanol–water partition coefficient (Wildman–Crippen LogP) is 2.30. The van der Waals surface area contributed by atoms with Gasteiger partial charge in [0.25, 0.3) is 0 Å². The third kappa shape index (κ3) is 6.94. The highest BCUT2D eigenvalue weighted by Gasteiger charge is 2.24. The number of esters is 1. The van der Waals surface area contributed by atoms with Crippen molar-refractivity contribution < 1.29 is 22.1 Å². The summed E-state index contributed by atoms with van der Waals surface area (Å²) >= 11 is 0. The second kappa shape index (κ2) is 7.92. The van der Waals surface area contributed by atoms with Gasteiger partial charge in [0.05, 0.1) is 28.0 Å². The van der Waals surface area contributed by atoms with E-state index in [1.165, 1.54) is 6.92 Å². The van der Waals surface area contributed by atoms with Gasteiger partial charge in [-0.3, -0.25) is 4.79 Å². The Kier molecular flexibility index (Phi) is 5.26. The van der Waals surface area contributed by atoms with Crippen molar-refractivity contribution in [3.05, 3.63) is 35.9 Å². The van der Waals surface area contributed by atoms with Crippen LogP contribution in [0.25, 0.3) is 0 Å². The van der Waals surface area contributed by atoms with Crippen molar-refractivity contribution in [3.8, 4) is 0 Å². The number of carbonyl (C=O) groups is 1. The summed E-state index contributed by atoms with van der Waals surface area (Å²) < 4.78 is 25.6. The molecular formula is C15H22O4. The Hall–Kier alpha value is -1.39. The van der Waals surface area contributed by atoms with E-state index in [0.29, 0.717) is 0 Å². The summed E-state index contributed by atoms with van der Waals surface area (Å²) in [5.74, 6) is -0.554. The van der Waals surface area contributed by atoms with Gasteiger partial charge in [0.15, 0.2) is 0 Å². The maximum absolute atomic E-state index is 11.4. The SMILES string of the molecule is [2H]C([2H])(CC(C)(O)CC(=O)OCC)OCc1ccccc1. The van der Waals surface area contributed by atoms with Crippen LogP contribution in [0.3, 0.4) is 0 Å². The number of benzene rings is 1. The van der Waals surface area contributed by atoms with Crippen LogP contribution in [-0.4, -0.2) is 29.8 Å². The molecule has 0 aliphatic rings. The fourth-order valence-electron chi connectivity index (χ4n) is 1.50. The summed E-state index contributed by atoms with van der Waals surface area (Å²) in [4.78, 5) is 11.4. The quantitative estimate of drug-likeness (QED) is 0.735. The van der Waals surface area contributed by atoms with E-state index in [1.54, 1.807) is 6.92 Å². The van der Waals surface area contributed by atoms with E-state index in [9.17, 15) is 9.90 Å². The zero-order valence-corrected chi connectivity index (χ0v) is 11.4. The molecule has 1 aromatic rings. The Bertz CT molecular complexity index is 446. The summed E-state index contributed by atoms with van der Waals surface area (Å²) in [6, 6.07) is 9.19. The molecule has 1 unspecified atom stereocenters. The molecule has 0 fully saturated rings. The third-order valence-electron chi connectivity index (χ3n) is 2.47. The molecule has 0 aromatic heterocycles. The highest BCUT2D eigenvalue weighted by molar-refractivity contribution is 5.70. The first-order valence-electron chi connectivity index (χ1n) is 7.30. The molecule has 1 atom stereocenters. The van der Waals surface area contributed by atoms with Crippen LogP contribution in [0.15, 0.2) is 30.3 Å². The Morgan fingerprint density at radius 3 is 2.74 bits per heavy atom. The number of hydrogen-bond acceptors (Lipinski definition) is 4. The first-order chi connectivity index (χ1) is 9.74. The molecule has 106 valence electrons. The van der Waals surface area contributed by atoms with Gasteiger partial charge in [-0.05, 0) is 25.8 Å². The third-order valence-corrected chi connectivity index (χ3v) is 2.47. The Labute approximate surface area is 117 Å². The molecule has 4 nitrogen and oxygen atoms in total. The monoisotopic (exact) mass is 268 g/mol. The molecule has 0 saturated heterocycles. The summed E-state index contributed by atoms with van der Waals surface area (Å²) in [6.07, 6.45) is -0.583. The maximum Gasteiger partial charge on any atom is 0.308 e. The van der Waals surface area contributed by atoms with Gasteiger partial charge in [-0.15, -0.1) is 0 Å². The first kappa shape index (κ1) is 12.6. The van der Waals surface area contributed by atoms with Crippen molar-refractivity contribution in [1.29, 1.82) is 0 Å². The number of hydrogen-bond donors (Lipinski definition) is 1. The van der Waals surface area contributed by atoms with Crippen molar-refractivity contribution >= 4 is 5.97 Å². The van der Waals surface area contributed by atoms with Crippen LogP contribution >= 0.6 is 0 Å². The fraction of sp³-hybridized carbons (Fsp3) is 0.533. The Morgan fingerprint density at radius 2 is 2.11 bits per heavy atom. The van der Waals surface area contributed by atoms with Gasteiger partial charge < -0.3 is 14.6 Å². The number of carbonyl (C=O) groups excluding carboxylic acids is 1. The minimum absolute atomic E-state index is 0.101. The standard InChI is InChI=1S/C15H22O4/c1-3-19-14(16)11-15(2,17)9-10-18-12-13-7-5-4-6-8-13/h4-8,17H,3,9-12H2,1-2H3/i10D2. The number of rotatable bonds is 8. The largest absolute Gasteiger partial charge is 0.466 e. The van der Waals surface area contributed by atoms with Crippen molar-refractivity contribution in [3.63, 3.8) is 0 Å². The fourth-order valence-corrected chi connectivity index (χ4v) is 1.50. The molecule has 0 heterocycles. The predicted molar refractivity (Wildman–Crippen MR) is 72.6 cm³/mol. The van der Waals surface area contributed by atoms with Gasteiger partial charge in [0.1, 0.15) is 0 Å². The molecule has 0 amide bonds. The van der Waals surface area contributed by atoms with E-state index < -0.39 is 18.1 Å². The van der Waals surface area contributed by atoms with Crippen LogP contribution in [0.5, 0.6) is 0 Å². The van der Waals surface area contributed by atoms with Gasteiger partial charge in [0, 0.05) is 6.56 Å². The topological polar surface area (TPSA) is 55.8 Å². The van der Waals surface area contributed by atoms with Crippen molar-refractivity contribution in [2.75, 3.05) is 13.2 Å². The van der Waals surface area contributed by atoms with Crippen LogP contribution in [-0.2, 0) is 20.9 Å². The minimum atomic E-state index is -2.04. The molecule has 0 spiro atoms. The molecule has 1 aromatic carbocycles. The second-order valence-electron chi connectivity index (χ2n) is 4.57. The lowest BCUT2D eigenvalue weighted by atomic mass is 9.99. The molecule has 0 aliphatic carbocycles. The summed E-state index contributed by atoms with van der Waals surface area (Å²) in [7, 11) is 0. The lowest BCUT2D eigenvalue weighted by Gasteiger charge is -2.21. The minimum Gasteiger partial charge on any atom is -0.466 e.